The molecule has 0 aliphatic heterocycles. The van der Waals surface area contributed by atoms with Crippen LogP contribution in [-0.4, -0.2) is 50.5 Å². The van der Waals surface area contributed by atoms with Crippen LogP contribution in [0, 0.1) is 6.92 Å². The van der Waals surface area contributed by atoms with E-state index in [0.717, 1.165) is 52.1 Å². The highest BCUT2D eigenvalue weighted by Crippen LogP contribution is 2.22. The summed E-state index contributed by atoms with van der Waals surface area (Å²) in [5.41, 5.74) is 4.27. The Morgan fingerprint density at radius 1 is 0.875 bits per heavy atom. The Kier molecular flexibility index (Phi) is 11.3. The largest absolute Gasteiger partial charge is 0.354 e. The predicted molar refractivity (Wildman–Crippen MR) is 162 cm³/mol. The minimum Gasteiger partial charge on any atom is -0.354 e. The average Bonchev–Trinajstić information content (AvgIpc) is 2.94. The summed E-state index contributed by atoms with van der Waals surface area (Å²) in [6.07, 6.45) is 3.97. The summed E-state index contributed by atoms with van der Waals surface area (Å²) in [4.78, 5) is 29.3. The number of unbranched alkanes of at least 4 members (excludes halogenated alkanes) is 1. The number of anilines is 1. The van der Waals surface area contributed by atoms with Gasteiger partial charge < -0.3 is 10.2 Å². The summed E-state index contributed by atoms with van der Waals surface area (Å²) in [6, 6.07) is 23.6. The molecule has 3 aromatic rings. The van der Waals surface area contributed by atoms with Crippen molar-refractivity contribution in [1.82, 2.24) is 10.2 Å². The molecule has 0 unspecified atom stereocenters. The number of rotatable bonds is 14. The molecule has 0 spiro atoms. The molecule has 3 rings (SSSR count). The summed E-state index contributed by atoms with van der Waals surface area (Å²) in [5, 5.41) is 3.00. The Morgan fingerprint density at radius 2 is 1.52 bits per heavy atom. The number of hydrogen-bond donors (Lipinski definition) is 1. The van der Waals surface area contributed by atoms with Crippen molar-refractivity contribution in [3.05, 3.63) is 101 Å². The molecule has 0 aliphatic carbocycles. The molecule has 3 aromatic carbocycles. The number of carbonyl (C=O) groups excluding carboxylic acids is 2. The second kappa shape index (κ2) is 14.7. The van der Waals surface area contributed by atoms with Gasteiger partial charge in [-0.15, -0.1) is 0 Å². The van der Waals surface area contributed by atoms with E-state index < -0.39 is 28.5 Å². The van der Waals surface area contributed by atoms with Crippen LogP contribution in [-0.2, 0) is 39.0 Å². The molecule has 2 amide bonds. The van der Waals surface area contributed by atoms with Gasteiger partial charge in [0.15, 0.2) is 0 Å². The fourth-order valence-corrected chi connectivity index (χ4v) is 5.39. The molecular weight excluding hydrogens is 522 g/mol. The van der Waals surface area contributed by atoms with E-state index >= 15 is 0 Å². The Hall–Kier alpha value is -3.65. The smallest absolute Gasteiger partial charge is 0.244 e. The van der Waals surface area contributed by atoms with Crippen molar-refractivity contribution in [2.45, 2.75) is 59.0 Å². The summed E-state index contributed by atoms with van der Waals surface area (Å²) in [6.45, 7) is 6.30. The highest BCUT2D eigenvalue weighted by molar-refractivity contribution is 7.92. The van der Waals surface area contributed by atoms with E-state index in [4.69, 9.17) is 0 Å². The molecular formula is C32H41N3O4S. The van der Waals surface area contributed by atoms with Gasteiger partial charge in [0, 0.05) is 19.5 Å². The lowest BCUT2D eigenvalue weighted by atomic mass is 10.0. The lowest BCUT2D eigenvalue weighted by molar-refractivity contribution is -0.140. The molecule has 0 bridgehead atoms. The van der Waals surface area contributed by atoms with Gasteiger partial charge in [0.05, 0.1) is 11.9 Å². The SMILES string of the molecule is CCCCNC(=O)[C@H](Cc1ccccc1)N(Cc1ccccc1C)C(=O)CN(c1ccc(CC)cc1)S(C)(=O)=O. The van der Waals surface area contributed by atoms with Gasteiger partial charge in [-0.2, -0.15) is 0 Å². The van der Waals surface area contributed by atoms with Crippen molar-refractivity contribution >= 4 is 27.5 Å². The maximum atomic E-state index is 14.1. The Balaban J connectivity index is 2.03. The summed E-state index contributed by atoms with van der Waals surface area (Å²) < 4.78 is 26.9. The molecule has 0 saturated carbocycles. The zero-order valence-corrected chi connectivity index (χ0v) is 24.8. The van der Waals surface area contributed by atoms with Crippen LogP contribution in [0.5, 0.6) is 0 Å². The molecule has 0 aromatic heterocycles. The summed E-state index contributed by atoms with van der Waals surface area (Å²) in [5.74, 6) is -0.697. The van der Waals surface area contributed by atoms with Crippen LogP contribution in [0.2, 0.25) is 0 Å². The molecule has 8 heteroatoms. The van der Waals surface area contributed by atoms with Crippen molar-refractivity contribution in [1.29, 1.82) is 0 Å². The van der Waals surface area contributed by atoms with Crippen LogP contribution in [0.3, 0.4) is 0 Å². The van der Waals surface area contributed by atoms with E-state index in [9.17, 15) is 18.0 Å². The van der Waals surface area contributed by atoms with Gasteiger partial charge in [-0.05, 0) is 54.2 Å². The van der Waals surface area contributed by atoms with Gasteiger partial charge in [-0.25, -0.2) is 8.42 Å². The second-order valence-electron chi connectivity index (χ2n) is 10.1. The fourth-order valence-electron chi connectivity index (χ4n) is 4.54. The first-order chi connectivity index (χ1) is 19.1. The third kappa shape index (κ3) is 8.68. The van der Waals surface area contributed by atoms with Gasteiger partial charge in [-0.3, -0.25) is 13.9 Å². The van der Waals surface area contributed by atoms with Crippen LogP contribution >= 0.6 is 0 Å². The highest BCUT2D eigenvalue weighted by Gasteiger charge is 2.33. The third-order valence-corrected chi connectivity index (χ3v) is 8.15. The normalized spacial score (nSPS) is 12.0. The van der Waals surface area contributed by atoms with E-state index in [1.54, 1.807) is 12.1 Å². The first-order valence-corrected chi connectivity index (χ1v) is 15.7. The zero-order chi connectivity index (χ0) is 29.1. The molecule has 1 atom stereocenters. The first-order valence-electron chi connectivity index (χ1n) is 13.9. The number of nitrogens with zero attached hydrogens (tertiary/aromatic N) is 2. The van der Waals surface area contributed by atoms with E-state index in [2.05, 4.69) is 12.2 Å². The lowest BCUT2D eigenvalue weighted by Gasteiger charge is -2.34. The van der Waals surface area contributed by atoms with Gasteiger partial charge in [0.1, 0.15) is 12.6 Å². The topological polar surface area (TPSA) is 86.8 Å². The molecule has 1 N–H and O–H groups in total. The summed E-state index contributed by atoms with van der Waals surface area (Å²) in [7, 11) is -3.78. The Bertz CT molecular complexity index is 1360. The second-order valence-corrected chi connectivity index (χ2v) is 12.0. The predicted octanol–water partition coefficient (Wildman–Crippen LogP) is 4.88. The van der Waals surface area contributed by atoms with Gasteiger partial charge in [0.2, 0.25) is 21.8 Å². The zero-order valence-electron chi connectivity index (χ0n) is 24.0. The first kappa shape index (κ1) is 30.9. The van der Waals surface area contributed by atoms with E-state index in [1.165, 1.54) is 4.90 Å². The molecule has 0 aliphatic rings. The Morgan fingerprint density at radius 3 is 2.12 bits per heavy atom. The number of aryl methyl sites for hydroxylation is 2. The van der Waals surface area contributed by atoms with Gasteiger partial charge in [-0.1, -0.05) is 87.0 Å². The summed E-state index contributed by atoms with van der Waals surface area (Å²) >= 11 is 0. The number of carbonyl (C=O) groups is 2. The van der Waals surface area contributed by atoms with Crippen LogP contribution in [0.1, 0.15) is 48.9 Å². The van der Waals surface area contributed by atoms with Gasteiger partial charge in [0.25, 0.3) is 0 Å². The van der Waals surface area contributed by atoms with Crippen LogP contribution in [0.15, 0.2) is 78.9 Å². The third-order valence-electron chi connectivity index (χ3n) is 7.01. The molecule has 0 radical (unpaired) electrons. The number of hydrogen-bond acceptors (Lipinski definition) is 4. The molecule has 0 heterocycles. The number of nitrogens with one attached hydrogen (secondary N) is 1. The van der Waals surface area contributed by atoms with Crippen LogP contribution in [0.4, 0.5) is 5.69 Å². The molecule has 0 fully saturated rings. The molecule has 7 nitrogen and oxygen atoms in total. The lowest BCUT2D eigenvalue weighted by Crippen LogP contribution is -2.53. The van der Waals surface area contributed by atoms with E-state index in [0.29, 0.717) is 18.7 Å². The highest BCUT2D eigenvalue weighted by atomic mass is 32.2. The molecule has 214 valence electrons. The van der Waals surface area contributed by atoms with Crippen molar-refractivity contribution < 1.29 is 18.0 Å². The van der Waals surface area contributed by atoms with E-state index in [1.807, 2.05) is 80.6 Å². The van der Waals surface area contributed by atoms with Crippen molar-refractivity contribution in [2.75, 3.05) is 23.7 Å². The van der Waals surface area contributed by atoms with Crippen LogP contribution < -0.4 is 9.62 Å². The molecule has 0 saturated heterocycles. The fraction of sp³-hybridized carbons (Fsp3) is 0.375. The number of benzene rings is 3. The quantitative estimate of drug-likeness (QED) is 0.283. The van der Waals surface area contributed by atoms with Crippen LogP contribution in [0.25, 0.3) is 0 Å². The monoisotopic (exact) mass is 563 g/mol. The minimum atomic E-state index is -3.78. The minimum absolute atomic E-state index is 0.177. The standard InChI is InChI=1S/C32H41N3O4S/c1-5-7-21-33-32(37)30(22-27-14-9-8-10-15-27)34(23-28-16-12-11-13-25(28)3)31(36)24-35(40(4,38)39)29-19-17-26(6-2)18-20-29/h8-20,30H,5-7,21-24H2,1-4H3,(H,33,37)/t30-/m0/s1. The van der Waals surface area contributed by atoms with E-state index in [-0.39, 0.29) is 12.5 Å². The average molecular weight is 564 g/mol. The number of amides is 2. The van der Waals surface area contributed by atoms with Crippen molar-refractivity contribution in [3.63, 3.8) is 0 Å². The number of sulfonamides is 1. The maximum Gasteiger partial charge on any atom is 0.244 e. The van der Waals surface area contributed by atoms with Crippen molar-refractivity contribution in [2.24, 2.45) is 0 Å². The maximum absolute atomic E-state index is 14.1. The van der Waals surface area contributed by atoms with Gasteiger partial charge >= 0.3 is 0 Å². The van der Waals surface area contributed by atoms with Crippen molar-refractivity contribution in [3.8, 4) is 0 Å². The molecule has 40 heavy (non-hydrogen) atoms. The Labute approximate surface area is 239 Å².